The van der Waals surface area contributed by atoms with Crippen LogP contribution < -0.4 is 0 Å². The molecule has 26 heteroatoms. The normalized spacial score (nSPS) is 13.0. The minimum absolute atomic E-state index is 0.00519. The maximum Gasteiger partial charge on any atom is 0.500 e. The van der Waals surface area contributed by atoms with Gasteiger partial charge in [0.25, 0.3) is 0 Å². The minimum atomic E-state index is -2.72. The lowest BCUT2D eigenvalue weighted by molar-refractivity contribution is -0.146. The van der Waals surface area contributed by atoms with Crippen LogP contribution in [0, 0.1) is 0 Å². The van der Waals surface area contributed by atoms with Crippen molar-refractivity contribution in [1.82, 2.24) is 0 Å². The van der Waals surface area contributed by atoms with E-state index in [1.807, 2.05) is 180 Å². The molecule has 602 valence electrons. The molecule has 0 radical (unpaired) electrons. The molecule has 0 saturated heterocycles. The van der Waals surface area contributed by atoms with Crippen molar-refractivity contribution < 1.29 is 83.1 Å². The number of carbonyl (C=O) groups excluding carboxylic acids is 4. The summed E-state index contributed by atoms with van der Waals surface area (Å²) in [5, 5.41) is 9.62. The highest BCUT2D eigenvalue weighted by molar-refractivity contribution is 8.00. The highest BCUT2D eigenvalue weighted by Gasteiger charge is 2.40. The Morgan fingerprint density at radius 1 is 0.349 bits per heavy atom. The van der Waals surface area contributed by atoms with Crippen LogP contribution in [0.3, 0.4) is 0 Å². The second-order valence-corrected chi connectivity index (χ2v) is 44.5. The third-order valence-corrected chi connectivity index (χ3v) is 36.9. The van der Waals surface area contributed by atoms with Crippen LogP contribution in [0.25, 0.3) is 0 Å². The summed E-state index contributed by atoms with van der Waals surface area (Å²) in [5.74, 6) is 2.36. The monoisotopic (exact) mass is 1650 g/mol. The predicted octanol–water partition coefficient (Wildman–Crippen LogP) is 19.2. The van der Waals surface area contributed by atoms with Gasteiger partial charge in [-0.25, -0.2) is 0 Å². The van der Waals surface area contributed by atoms with E-state index < -0.39 is 34.5 Å². The second kappa shape index (κ2) is 54.7. The zero-order valence-corrected chi connectivity index (χ0v) is 73.6. The fourth-order valence-electron chi connectivity index (χ4n) is 12.2. The molecular formula is C83H122O18S4Si4. The molecule has 0 fully saturated rings. The van der Waals surface area contributed by atoms with Crippen LogP contribution in [0.5, 0.6) is 0 Å². The molecule has 1 N–H and O–H groups in total. The second-order valence-electron chi connectivity index (χ2n) is 26.1. The lowest BCUT2D eigenvalue weighted by atomic mass is 10.1. The van der Waals surface area contributed by atoms with Crippen molar-refractivity contribution in [3.05, 3.63) is 214 Å². The van der Waals surface area contributed by atoms with Gasteiger partial charge in [0, 0.05) is 88.5 Å². The number of aliphatic hydroxyl groups excluding tert-OH is 1. The van der Waals surface area contributed by atoms with Gasteiger partial charge in [-0.15, -0.1) is 0 Å². The third-order valence-electron chi connectivity index (χ3n) is 18.2. The van der Waals surface area contributed by atoms with Crippen LogP contribution in [-0.2, 0) is 104 Å². The molecule has 4 atom stereocenters. The number of benzene rings is 6. The van der Waals surface area contributed by atoms with E-state index in [1.165, 1.54) is 0 Å². The average Bonchev–Trinajstić information content (AvgIpc) is 0.877. The van der Waals surface area contributed by atoms with Gasteiger partial charge < -0.3 is 63.9 Å². The topological polar surface area (TPSA) is 208 Å². The van der Waals surface area contributed by atoms with E-state index in [-0.39, 0.29) is 103 Å². The van der Waals surface area contributed by atoms with Crippen molar-refractivity contribution in [2.45, 2.75) is 184 Å². The molecule has 109 heavy (non-hydrogen) atoms. The molecule has 0 saturated carbocycles. The highest BCUT2D eigenvalue weighted by Crippen LogP contribution is 2.39. The van der Waals surface area contributed by atoms with Gasteiger partial charge in [0.15, 0.2) is 0 Å². The Bertz CT molecular complexity index is 3250. The van der Waals surface area contributed by atoms with Gasteiger partial charge in [0.05, 0.1) is 31.9 Å². The Morgan fingerprint density at radius 2 is 0.651 bits per heavy atom. The van der Waals surface area contributed by atoms with Gasteiger partial charge in [0.2, 0.25) is 0 Å². The lowest BCUT2D eigenvalue weighted by Crippen LogP contribution is -2.46. The fourth-order valence-corrected chi connectivity index (χ4v) is 27.2. The summed E-state index contributed by atoms with van der Waals surface area (Å²) in [6, 6.07) is 59.8. The van der Waals surface area contributed by atoms with Crippen molar-refractivity contribution in [1.29, 1.82) is 0 Å². The molecule has 6 aromatic carbocycles. The molecular weight excluding hydrogens is 1530 g/mol. The number of hydrogen-bond acceptors (Lipinski definition) is 22. The molecule has 0 aliphatic rings. The van der Waals surface area contributed by atoms with Crippen LogP contribution in [0.2, 0.25) is 36.8 Å². The van der Waals surface area contributed by atoms with Crippen LogP contribution >= 0.6 is 47.0 Å². The van der Waals surface area contributed by atoms with E-state index in [2.05, 4.69) is 37.7 Å². The zero-order chi connectivity index (χ0) is 78.9. The summed E-state index contributed by atoms with van der Waals surface area (Å²) in [5.41, 5.74) is 7.77. The quantitative estimate of drug-likeness (QED) is 0.0163. The number of aliphatic hydroxyl groups is 1. The van der Waals surface area contributed by atoms with Crippen molar-refractivity contribution >= 4 is 105 Å². The van der Waals surface area contributed by atoms with Crippen LogP contribution in [-0.4, -0.2) is 154 Å². The molecule has 0 bridgehead atoms. The number of ether oxygens (including phenoxy) is 4. The smallest absolute Gasteiger partial charge is 0.461 e. The summed E-state index contributed by atoms with van der Waals surface area (Å²) < 4.78 is 75.8. The van der Waals surface area contributed by atoms with E-state index in [0.29, 0.717) is 39.1 Å². The third kappa shape index (κ3) is 36.4. The predicted molar refractivity (Wildman–Crippen MR) is 452 cm³/mol. The minimum Gasteiger partial charge on any atom is -0.461 e. The Balaban J connectivity index is 0.000000394. The number of thioether (sulfide) groups is 4. The molecule has 0 aliphatic carbocycles. The van der Waals surface area contributed by atoms with Crippen molar-refractivity contribution in [3.63, 3.8) is 0 Å². The molecule has 0 aromatic heterocycles. The van der Waals surface area contributed by atoms with Crippen molar-refractivity contribution in [2.75, 3.05) is 90.7 Å². The molecule has 18 nitrogen and oxygen atoms in total. The first kappa shape index (κ1) is 94.7. The van der Waals surface area contributed by atoms with Gasteiger partial charge >= 0.3 is 58.4 Å². The van der Waals surface area contributed by atoms with E-state index in [0.717, 1.165) is 124 Å². The standard InChI is InChI=1S/C45H68O9S2Si2.C38H54O9S2Si2/c1-7-31-57(50-8-2,51-9-3)32-19-29-55-42(40-21-15-13-16-22-40)34-44(46)48-36-38-25-27-39(28-26-38)37-49-45(47)35-43(41-23-17-14-18-24-41)56-30-20-33-58(52-10-4,53-11-5)54-12-6;1-42-50(5,43-2)23-13-21-48-35(33-17-8-6-9-18-33)26-37(40)46-28-31-15-12-16-32(25-31)29-47-38(41)27-36(34-19-10-7-11-20-34)49-22-14-24-51(30-39,44-3)45-4/h13-18,21-28,42-43H,7-12,19-20,29-37H2,1-6H3;6-12,15-20,25,35-36,39H,13-14,21-24,26-30H2,1-5H3. The molecule has 6 rings (SSSR count). The number of carbonyl (C=O) groups is 4. The van der Waals surface area contributed by atoms with Crippen LogP contribution in [0.1, 0.15) is 165 Å². The molecule has 4 unspecified atom stereocenters. The van der Waals surface area contributed by atoms with Crippen molar-refractivity contribution in [2.24, 2.45) is 0 Å². The molecule has 0 spiro atoms. The SMILES string of the molecule is CCC[Si](CCCSC(CC(=O)OCc1ccc(COC(=O)CC(SCCC[Si](OCC)(OCC)OCC)c2ccccc2)cc1)c1ccccc1)(OCC)OCC.CO[Si](C)(CCCSC(CC(=O)OCc1cccc(COC(=O)CC(SCCC[Si](CO)(OC)OC)c2ccccc2)c1)c1ccccc1)OC. The van der Waals surface area contributed by atoms with Gasteiger partial charge in [-0.05, 0) is 165 Å². The van der Waals surface area contributed by atoms with Gasteiger partial charge in [-0.1, -0.05) is 177 Å². The van der Waals surface area contributed by atoms with E-state index in [4.69, 9.17) is 58.8 Å². The first-order chi connectivity index (χ1) is 52.9. The summed E-state index contributed by atoms with van der Waals surface area (Å²) >= 11 is 6.98. The summed E-state index contributed by atoms with van der Waals surface area (Å²) in [6.45, 7) is 17.9. The molecule has 0 amide bonds. The number of esters is 4. The summed E-state index contributed by atoms with van der Waals surface area (Å²) in [7, 11) is -3.08. The Labute approximate surface area is 672 Å². The fraction of sp³-hybridized carbons (Fsp3) is 0.518. The Kier molecular flexibility index (Phi) is 47.5. The maximum atomic E-state index is 13.1. The van der Waals surface area contributed by atoms with E-state index in [1.54, 1.807) is 75.5 Å². The van der Waals surface area contributed by atoms with Crippen molar-refractivity contribution in [3.8, 4) is 0 Å². The van der Waals surface area contributed by atoms with Crippen LogP contribution in [0.15, 0.2) is 170 Å². The Morgan fingerprint density at radius 3 is 0.945 bits per heavy atom. The first-order valence-corrected chi connectivity index (χ1v) is 51.5. The van der Waals surface area contributed by atoms with E-state index >= 15 is 0 Å². The number of rotatable bonds is 57. The molecule has 6 aromatic rings. The number of hydrogen-bond donors (Lipinski definition) is 1. The zero-order valence-electron chi connectivity index (χ0n) is 66.3. The Hall–Kier alpha value is -4.93. The van der Waals surface area contributed by atoms with E-state index in [9.17, 15) is 24.3 Å². The van der Waals surface area contributed by atoms with Gasteiger partial charge in [-0.2, -0.15) is 47.0 Å². The summed E-state index contributed by atoms with van der Waals surface area (Å²) in [6.07, 6.45) is 5.56. The van der Waals surface area contributed by atoms with Crippen LogP contribution in [0.4, 0.5) is 0 Å². The molecule has 0 heterocycles. The molecule has 0 aliphatic heterocycles. The maximum absolute atomic E-state index is 13.1. The highest BCUT2D eigenvalue weighted by atomic mass is 32.2. The van der Waals surface area contributed by atoms with Gasteiger partial charge in [0.1, 0.15) is 26.4 Å². The lowest BCUT2D eigenvalue weighted by Gasteiger charge is -2.30. The average molecular weight is 1650 g/mol. The largest absolute Gasteiger partial charge is 0.500 e. The first-order valence-electron chi connectivity index (χ1n) is 38.4. The summed E-state index contributed by atoms with van der Waals surface area (Å²) in [4.78, 5) is 52.4. The van der Waals surface area contributed by atoms with Gasteiger partial charge in [-0.3, -0.25) is 19.2 Å².